The zero-order valence-corrected chi connectivity index (χ0v) is 18.1. The van der Waals surface area contributed by atoms with Crippen molar-refractivity contribution in [2.24, 2.45) is 5.10 Å². The molecule has 2 heterocycles. The van der Waals surface area contributed by atoms with Gasteiger partial charge in [0.1, 0.15) is 5.69 Å². The molecule has 0 spiro atoms. The smallest absolute Gasteiger partial charge is 0.293 e. The molecular formula is C22H24N6O2S. The van der Waals surface area contributed by atoms with Crippen molar-refractivity contribution >= 4 is 34.1 Å². The molecule has 0 atom stereocenters. The summed E-state index contributed by atoms with van der Waals surface area (Å²) in [6.45, 7) is 6.06. The molecule has 0 aliphatic carbocycles. The summed E-state index contributed by atoms with van der Waals surface area (Å²) in [5.74, 6) is 0. The Kier molecular flexibility index (Phi) is 6.54. The molecule has 1 aromatic heterocycles. The number of nitrogens with one attached hydrogen (secondary N) is 1. The highest BCUT2D eigenvalue weighted by molar-refractivity contribution is 7.13. The fourth-order valence-electron chi connectivity index (χ4n) is 3.59. The number of hydrazone groups is 1. The van der Waals surface area contributed by atoms with E-state index in [4.69, 9.17) is 0 Å². The van der Waals surface area contributed by atoms with Crippen LogP contribution in [0.4, 0.5) is 16.5 Å². The molecule has 1 aliphatic heterocycles. The molecule has 0 radical (unpaired) electrons. The molecule has 8 nitrogen and oxygen atoms in total. The molecule has 1 N–H and O–H groups in total. The van der Waals surface area contributed by atoms with E-state index in [-0.39, 0.29) is 10.6 Å². The highest BCUT2D eigenvalue weighted by Gasteiger charge is 2.24. The minimum absolute atomic E-state index is 0.102. The van der Waals surface area contributed by atoms with Crippen LogP contribution >= 0.6 is 11.3 Å². The first kappa shape index (κ1) is 21.0. The van der Waals surface area contributed by atoms with Crippen LogP contribution in [0.15, 0.2) is 59.0 Å². The van der Waals surface area contributed by atoms with E-state index in [2.05, 4.69) is 37.4 Å². The summed E-state index contributed by atoms with van der Waals surface area (Å²) in [5.41, 5.74) is 6.49. The first-order chi connectivity index (χ1) is 15.1. The second-order valence-electron chi connectivity index (χ2n) is 7.42. The number of nitro groups is 1. The molecule has 1 aliphatic rings. The van der Waals surface area contributed by atoms with Gasteiger partial charge in [-0.25, -0.2) is 4.98 Å². The molecule has 1 fully saturated rings. The number of nitro benzene ring substituents is 1. The monoisotopic (exact) mass is 436 g/mol. The number of aromatic nitrogens is 1. The van der Waals surface area contributed by atoms with Crippen molar-refractivity contribution in [1.82, 2.24) is 9.88 Å². The maximum absolute atomic E-state index is 11.7. The van der Waals surface area contributed by atoms with Crippen molar-refractivity contribution in [3.63, 3.8) is 0 Å². The van der Waals surface area contributed by atoms with Crippen molar-refractivity contribution in [3.05, 3.63) is 80.8 Å². The molecule has 0 unspecified atom stereocenters. The van der Waals surface area contributed by atoms with Crippen LogP contribution in [-0.4, -0.2) is 47.2 Å². The fourth-order valence-corrected chi connectivity index (χ4v) is 4.23. The molecule has 31 heavy (non-hydrogen) atoms. The average Bonchev–Trinajstić information content (AvgIpc) is 3.20. The van der Waals surface area contributed by atoms with Gasteiger partial charge >= 0.3 is 0 Å². The van der Waals surface area contributed by atoms with E-state index in [1.54, 1.807) is 12.3 Å². The number of anilines is 2. The summed E-state index contributed by atoms with van der Waals surface area (Å²) in [7, 11) is 0. The van der Waals surface area contributed by atoms with Crippen LogP contribution in [0.2, 0.25) is 0 Å². The number of nitrogens with zero attached hydrogens (tertiary/aromatic N) is 5. The Bertz CT molecular complexity index is 1060. The van der Waals surface area contributed by atoms with Gasteiger partial charge in [0.05, 0.1) is 16.8 Å². The second-order valence-corrected chi connectivity index (χ2v) is 8.28. The summed E-state index contributed by atoms with van der Waals surface area (Å²) in [4.78, 5) is 20.1. The Morgan fingerprint density at radius 1 is 1.19 bits per heavy atom. The van der Waals surface area contributed by atoms with Crippen LogP contribution in [0.5, 0.6) is 0 Å². The van der Waals surface area contributed by atoms with Gasteiger partial charge < -0.3 is 4.90 Å². The van der Waals surface area contributed by atoms with E-state index < -0.39 is 0 Å². The van der Waals surface area contributed by atoms with Gasteiger partial charge in [0.15, 0.2) is 0 Å². The molecule has 9 heteroatoms. The topological polar surface area (TPSA) is 86.9 Å². The maximum Gasteiger partial charge on any atom is 0.293 e. The highest BCUT2D eigenvalue weighted by Crippen LogP contribution is 2.30. The van der Waals surface area contributed by atoms with E-state index in [0.717, 1.165) is 38.4 Å². The van der Waals surface area contributed by atoms with E-state index in [1.165, 1.54) is 16.9 Å². The van der Waals surface area contributed by atoms with E-state index in [9.17, 15) is 10.1 Å². The van der Waals surface area contributed by atoms with Crippen LogP contribution in [0.25, 0.3) is 0 Å². The molecule has 2 aromatic carbocycles. The third kappa shape index (κ3) is 5.44. The predicted octanol–water partition coefficient (Wildman–Crippen LogP) is 4.13. The van der Waals surface area contributed by atoms with Gasteiger partial charge in [-0.1, -0.05) is 36.4 Å². The molecular weight excluding hydrogens is 412 g/mol. The van der Waals surface area contributed by atoms with E-state index in [0.29, 0.717) is 16.4 Å². The first-order valence-electron chi connectivity index (χ1n) is 10.1. The average molecular weight is 437 g/mol. The van der Waals surface area contributed by atoms with Gasteiger partial charge in [-0.2, -0.15) is 5.10 Å². The van der Waals surface area contributed by atoms with Crippen LogP contribution < -0.4 is 10.3 Å². The maximum atomic E-state index is 11.7. The summed E-state index contributed by atoms with van der Waals surface area (Å²) < 4.78 is 0. The van der Waals surface area contributed by atoms with Crippen LogP contribution in [-0.2, 0) is 6.54 Å². The highest BCUT2D eigenvalue weighted by atomic mass is 32.1. The van der Waals surface area contributed by atoms with Gasteiger partial charge in [-0.3, -0.25) is 20.4 Å². The third-order valence-corrected chi connectivity index (χ3v) is 6.02. The lowest BCUT2D eigenvalue weighted by atomic mass is 10.1. The Balaban J connectivity index is 1.40. The van der Waals surface area contributed by atoms with E-state index in [1.807, 2.05) is 42.6 Å². The molecule has 1 saturated heterocycles. The molecule has 160 valence electrons. The predicted molar refractivity (Wildman–Crippen MR) is 125 cm³/mol. The SMILES string of the molecule is Cc1csc(NN=Cc2ccc(N3CCN(Cc4ccccc4)CC3)c([N+](=O)[O-])c2)n1. The van der Waals surface area contributed by atoms with E-state index >= 15 is 0 Å². The van der Waals surface area contributed by atoms with Gasteiger partial charge in [-0.05, 0) is 18.6 Å². The van der Waals surface area contributed by atoms with Gasteiger partial charge in [0, 0.05) is 49.7 Å². The quantitative estimate of drug-likeness (QED) is 0.340. The fraction of sp³-hybridized carbons (Fsp3) is 0.273. The summed E-state index contributed by atoms with van der Waals surface area (Å²) in [6, 6.07) is 15.6. The van der Waals surface area contributed by atoms with Crippen molar-refractivity contribution < 1.29 is 4.92 Å². The second kappa shape index (κ2) is 9.67. The number of hydrogen-bond acceptors (Lipinski definition) is 8. The zero-order chi connectivity index (χ0) is 21.6. The normalized spacial score (nSPS) is 14.8. The number of thiazole rings is 1. The molecule has 0 bridgehead atoms. The third-order valence-electron chi connectivity index (χ3n) is 5.15. The lowest BCUT2D eigenvalue weighted by molar-refractivity contribution is -0.384. The minimum atomic E-state index is -0.319. The lowest BCUT2D eigenvalue weighted by Crippen LogP contribution is -2.46. The van der Waals surface area contributed by atoms with Crippen molar-refractivity contribution in [2.45, 2.75) is 13.5 Å². The van der Waals surface area contributed by atoms with Crippen molar-refractivity contribution in [3.8, 4) is 0 Å². The first-order valence-corrected chi connectivity index (χ1v) is 11.0. The number of rotatable bonds is 7. The lowest BCUT2D eigenvalue weighted by Gasteiger charge is -2.35. The number of hydrogen-bond donors (Lipinski definition) is 1. The largest absolute Gasteiger partial charge is 0.363 e. The van der Waals surface area contributed by atoms with Crippen LogP contribution in [0, 0.1) is 17.0 Å². The molecule has 0 saturated carbocycles. The molecule has 0 amide bonds. The summed E-state index contributed by atoms with van der Waals surface area (Å²) >= 11 is 1.46. The van der Waals surface area contributed by atoms with Gasteiger partial charge in [-0.15, -0.1) is 11.3 Å². The Labute approximate surface area is 185 Å². The molecule has 3 aromatic rings. The number of aryl methyl sites for hydroxylation is 1. The summed E-state index contributed by atoms with van der Waals surface area (Å²) in [5, 5.41) is 18.5. The van der Waals surface area contributed by atoms with Gasteiger partial charge in [0.25, 0.3) is 5.69 Å². The summed E-state index contributed by atoms with van der Waals surface area (Å²) in [6.07, 6.45) is 1.57. The van der Waals surface area contributed by atoms with Crippen LogP contribution in [0.1, 0.15) is 16.8 Å². The Morgan fingerprint density at radius 2 is 1.97 bits per heavy atom. The van der Waals surface area contributed by atoms with Gasteiger partial charge in [0.2, 0.25) is 5.13 Å². The standard InChI is InChI=1S/C22H24N6O2S/c1-17-16-31-22(24-17)25-23-14-19-7-8-20(21(13-19)28(29)30)27-11-9-26(10-12-27)15-18-5-3-2-4-6-18/h2-8,13-14,16H,9-12,15H2,1H3,(H,24,25). The zero-order valence-electron chi connectivity index (χ0n) is 17.3. The van der Waals surface area contributed by atoms with Crippen molar-refractivity contribution in [2.75, 3.05) is 36.5 Å². The Morgan fingerprint density at radius 3 is 2.65 bits per heavy atom. The Hall–Kier alpha value is -3.30. The number of piperazine rings is 1. The van der Waals surface area contributed by atoms with Crippen LogP contribution in [0.3, 0.4) is 0 Å². The minimum Gasteiger partial charge on any atom is -0.363 e. The van der Waals surface area contributed by atoms with Crippen molar-refractivity contribution in [1.29, 1.82) is 0 Å². The molecule has 4 rings (SSSR count). The number of benzene rings is 2.